The van der Waals surface area contributed by atoms with Crippen LogP contribution in [0.2, 0.25) is 15.1 Å². The maximum Gasteiger partial charge on any atom is 0.168 e. The number of Topliss-reactive ketones (excluding diaryl/α,β-unsaturated/α-hetero) is 1. The molecule has 1 aromatic rings. The van der Waals surface area contributed by atoms with Crippen LogP contribution in [0.1, 0.15) is 24.3 Å². The summed E-state index contributed by atoms with van der Waals surface area (Å²) in [7, 11) is 3.89. The summed E-state index contributed by atoms with van der Waals surface area (Å²) < 4.78 is 0. The molecule has 1 aromatic carbocycles. The zero-order valence-corrected chi connectivity index (χ0v) is 15.8. The van der Waals surface area contributed by atoms with E-state index in [0.717, 1.165) is 6.54 Å². The second-order valence-electron chi connectivity index (χ2n) is 5.98. The van der Waals surface area contributed by atoms with Crippen molar-refractivity contribution in [2.75, 3.05) is 27.2 Å². The molecule has 0 spiro atoms. The fourth-order valence-electron chi connectivity index (χ4n) is 2.59. The van der Waals surface area contributed by atoms with Crippen LogP contribution in [0.4, 0.5) is 0 Å². The smallest absolute Gasteiger partial charge is 0.168 e. The predicted molar refractivity (Wildman–Crippen MR) is 100 cm³/mol. The molecule has 0 aromatic heterocycles. The monoisotopic (exact) mass is 388 g/mol. The lowest BCUT2D eigenvalue weighted by atomic mass is 9.83. The van der Waals surface area contributed by atoms with Crippen molar-refractivity contribution in [3.63, 3.8) is 0 Å². The lowest BCUT2D eigenvalue weighted by Crippen LogP contribution is -2.20. The Kier molecular flexibility index (Phi) is 6.70. The number of aliphatic hydroxyl groups is 1. The van der Waals surface area contributed by atoms with E-state index in [9.17, 15) is 9.90 Å². The summed E-state index contributed by atoms with van der Waals surface area (Å²) in [5, 5.41) is 11.4. The average molecular weight is 390 g/mol. The maximum atomic E-state index is 12.4. The molecule has 0 amide bonds. The highest BCUT2D eigenvalue weighted by Crippen LogP contribution is 2.42. The third kappa shape index (κ3) is 4.51. The molecule has 1 atom stereocenters. The number of likely N-dealkylation sites (N-methyl/N-ethyl adjacent to an activating group) is 1. The van der Waals surface area contributed by atoms with Gasteiger partial charge < -0.3 is 10.0 Å². The van der Waals surface area contributed by atoms with Gasteiger partial charge in [-0.25, -0.2) is 0 Å². The van der Waals surface area contributed by atoms with E-state index in [1.54, 1.807) is 12.1 Å². The van der Waals surface area contributed by atoms with Gasteiger partial charge in [0.15, 0.2) is 5.78 Å². The summed E-state index contributed by atoms with van der Waals surface area (Å²) in [5.41, 5.74) is 0.869. The Labute approximate surface area is 156 Å². The van der Waals surface area contributed by atoms with Crippen molar-refractivity contribution in [2.45, 2.75) is 18.8 Å². The Bertz CT molecular complexity index is 699. The van der Waals surface area contributed by atoms with Gasteiger partial charge in [0.05, 0.1) is 22.2 Å². The summed E-state index contributed by atoms with van der Waals surface area (Å²) in [6.45, 7) is 1.33. The molecule has 0 heterocycles. The summed E-state index contributed by atoms with van der Waals surface area (Å²) >= 11 is 18.5. The van der Waals surface area contributed by atoms with Crippen LogP contribution in [0.3, 0.4) is 0 Å². The van der Waals surface area contributed by atoms with Crippen molar-refractivity contribution in [2.24, 2.45) is 4.99 Å². The van der Waals surface area contributed by atoms with Gasteiger partial charge in [-0.05, 0) is 31.8 Å². The summed E-state index contributed by atoms with van der Waals surface area (Å²) in [6.07, 6.45) is 1.94. The zero-order chi connectivity index (χ0) is 17.9. The number of aliphatic hydroxyl groups excluding tert-OH is 1. The molecule has 7 heteroatoms. The minimum Gasteiger partial charge on any atom is -0.511 e. The Balaban J connectivity index is 2.21. The molecule has 2 rings (SSSR count). The van der Waals surface area contributed by atoms with Crippen LogP contribution in [-0.2, 0) is 4.79 Å². The van der Waals surface area contributed by atoms with Crippen molar-refractivity contribution in [1.29, 1.82) is 0 Å². The first kappa shape index (κ1) is 19.3. The van der Waals surface area contributed by atoms with E-state index in [4.69, 9.17) is 34.8 Å². The van der Waals surface area contributed by atoms with E-state index >= 15 is 0 Å². The Morgan fingerprint density at radius 3 is 2.54 bits per heavy atom. The number of halogens is 3. The van der Waals surface area contributed by atoms with Crippen LogP contribution in [0.15, 0.2) is 28.5 Å². The molecule has 1 aliphatic rings. The quantitative estimate of drug-likeness (QED) is 0.594. The lowest BCUT2D eigenvalue weighted by Gasteiger charge is -2.24. The SMILES string of the molecule is CN(C)CCN=CC1=C(O)CC(c2c(Cl)ccc(Cl)c2Cl)CC1=O. The van der Waals surface area contributed by atoms with Gasteiger partial charge in [0.2, 0.25) is 0 Å². The number of allylic oxidation sites excluding steroid dienone is 2. The third-order valence-electron chi connectivity index (χ3n) is 3.87. The first-order valence-corrected chi connectivity index (χ1v) is 8.68. The second-order valence-corrected chi connectivity index (χ2v) is 7.18. The van der Waals surface area contributed by atoms with Gasteiger partial charge in [0.1, 0.15) is 5.76 Å². The topological polar surface area (TPSA) is 52.9 Å². The molecule has 1 N–H and O–H groups in total. The van der Waals surface area contributed by atoms with Gasteiger partial charge in [-0.2, -0.15) is 0 Å². The van der Waals surface area contributed by atoms with E-state index in [0.29, 0.717) is 27.2 Å². The number of hydrogen-bond acceptors (Lipinski definition) is 4. The molecule has 24 heavy (non-hydrogen) atoms. The summed E-state index contributed by atoms with van der Waals surface area (Å²) in [5.74, 6) is -0.462. The van der Waals surface area contributed by atoms with Gasteiger partial charge in [-0.1, -0.05) is 34.8 Å². The largest absolute Gasteiger partial charge is 0.511 e. The molecular weight excluding hydrogens is 371 g/mol. The van der Waals surface area contributed by atoms with Crippen LogP contribution >= 0.6 is 34.8 Å². The molecule has 130 valence electrons. The van der Waals surface area contributed by atoms with Crippen molar-refractivity contribution in [3.8, 4) is 0 Å². The van der Waals surface area contributed by atoms with Crippen LogP contribution in [0.5, 0.6) is 0 Å². The van der Waals surface area contributed by atoms with Gasteiger partial charge in [-0.3, -0.25) is 9.79 Å². The van der Waals surface area contributed by atoms with E-state index in [2.05, 4.69) is 4.99 Å². The van der Waals surface area contributed by atoms with Gasteiger partial charge in [0.25, 0.3) is 0 Å². The number of hydrogen-bond donors (Lipinski definition) is 1. The molecule has 0 fully saturated rings. The van der Waals surface area contributed by atoms with E-state index in [-0.39, 0.29) is 35.9 Å². The van der Waals surface area contributed by atoms with Gasteiger partial charge in [0, 0.05) is 36.5 Å². The maximum absolute atomic E-state index is 12.4. The number of carbonyl (C=O) groups excluding carboxylic acids is 1. The van der Waals surface area contributed by atoms with Crippen LogP contribution in [0.25, 0.3) is 0 Å². The normalized spacial score (nSPS) is 18.9. The molecule has 0 saturated carbocycles. The highest BCUT2D eigenvalue weighted by molar-refractivity contribution is 6.44. The fourth-order valence-corrected chi connectivity index (χ4v) is 3.44. The molecule has 0 aliphatic heterocycles. The molecule has 4 nitrogen and oxygen atoms in total. The highest BCUT2D eigenvalue weighted by Gasteiger charge is 2.30. The summed E-state index contributed by atoms with van der Waals surface area (Å²) in [4.78, 5) is 18.6. The second kappa shape index (κ2) is 8.34. The number of rotatable bonds is 5. The standard InChI is InChI=1S/C17H19Cl3N2O2/c1-22(2)6-5-21-9-11-14(23)7-10(8-15(11)24)16-12(18)3-4-13(19)17(16)20/h3-4,9-10,23H,5-8H2,1-2H3. The lowest BCUT2D eigenvalue weighted by molar-refractivity contribution is -0.116. The molecule has 0 saturated heterocycles. The van der Waals surface area contributed by atoms with Crippen molar-refractivity contribution in [1.82, 2.24) is 4.90 Å². The summed E-state index contributed by atoms with van der Waals surface area (Å²) in [6, 6.07) is 3.26. The van der Waals surface area contributed by atoms with E-state index in [1.807, 2.05) is 19.0 Å². The first-order chi connectivity index (χ1) is 11.3. The van der Waals surface area contributed by atoms with E-state index in [1.165, 1.54) is 6.21 Å². The highest BCUT2D eigenvalue weighted by atomic mass is 35.5. The Hall–Kier alpha value is -1.07. The number of nitrogens with zero attached hydrogens (tertiary/aromatic N) is 2. The van der Waals surface area contributed by atoms with Crippen molar-refractivity contribution in [3.05, 3.63) is 44.1 Å². The van der Waals surface area contributed by atoms with Crippen LogP contribution in [0, 0.1) is 0 Å². The number of benzene rings is 1. The van der Waals surface area contributed by atoms with Gasteiger partial charge in [-0.15, -0.1) is 0 Å². The minimum atomic E-state index is -0.296. The first-order valence-electron chi connectivity index (χ1n) is 7.54. The number of carbonyl (C=O) groups is 1. The Morgan fingerprint density at radius 2 is 1.92 bits per heavy atom. The zero-order valence-electron chi connectivity index (χ0n) is 13.5. The van der Waals surface area contributed by atoms with Crippen molar-refractivity contribution < 1.29 is 9.90 Å². The molecule has 1 aliphatic carbocycles. The number of aliphatic imine (C=N–C) groups is 1. The van der Waals surface area contributed by atoms with E-state index < -0.39 is 0 Å². The molecule has 1 unspecified atom stereocenters. The molecule has 0 radical (unpaired) electrons. The van der Waals surface area contributed by atoms with Crippen LogP contribution in [-0.4, -0.2) is 49.2 Å². The minimum absolute atomic E-state index is 0.0111. The van der Waals surface area contributed by atoms with Crippen molar-refractivity contribution >= 4 is 46.8 Å². The average Bonchev–Trinajstić information content (AvgIpc) is 2.49. The van der Waals surface area contributed by atoms with Crippen LogP contribution < -0.4 is 0 Å². The van der Waals surface area contributed by atoms with Gasteiger partial charge >= 0.3 is 0 Å². The fraction of sp³-hybridized carbons (Fsp3) is 0.412. The predicted octanol–water partition coefficient (Wildman–Crippen LogP) is 4.54. The molecule has 0 bridgehead atoms. The third-order valence-corrected chi connectivity index (χ3v) is 5.02. The number of ketones is 1. The molecular formula is C17H19Cl3N2O2. The Morgan fingerprint density at radius 1 is 1.25 bits per heavy atom.